The Kier molecular flexibility index (Phi) is 9.88. The van der Waals surface area contributed by atoms with Gasteiger partial charge < -0.3 is 24.8 Å². The molecule has 0 nitrogen and oxygen atoms in total. The Morgan fingerprint density at radius 1 is 1.16 bits per heavy atom. The van der Waals surface area contributed by atoms with Crippen molar-refractivity contribution in [3.8, 4) is 0 Å². The van der Waals surface area contributed by atoms with Gasteiger partial charge in [0, 0.05) is 0 Å². The van der Waals surface area contributed by atoms with Gasteiger partial charge in [-0.15, -0.1) is 0 Å². The summed E-state index contributed by atoms with van der Waals surface area (Å²) in [4.78, 5) is 0. The van der Waals surface area contributed by atoms with E-state index in [1.165, 1.54) is 25.7 Å². The van der Waals surface area contributed by atoms with Gasteiger partial charge >= 0.3 is 114 Å². The van der Waals surface area contributed by atoms with Gasteiger partial charge in [-0.3, -0.25) is 0 Å². The minimum Gasteiger partial charge on any atom is -1.00 e. The first kappa shape index (κ1) is 19.6. The van der Waals surface area contributed by atoms with Gasteiger partial charge in [0.1, 0.15) is 0 Å². The van der Waals surface area contributed by atoms with Crippen LogP contribution in [0.1, 0.15) is 32.6 Å². The Morgan fingerprint density at radius 2 is 1.89 bits per heavy atom. The van der Waals surface area contributed by atoms with Gasteiger partial charge in [-0.2, -0.15) is 0 Å². The molecule has 0 aromatic heterocycles. The second-order valence-corrected chi connectivity index (χ2v) is 22.4. The fourth-order valence-corrected chi connectivity index (χ4v) is 19.6. The summed E-state index contributed by atoms with van der Waals surface area (Å²) in [5.74, 6) is 0. The van der Waals surface area contributed by atoms with E-state index in [9.17, 15) is 0 Å². The first-order valence-corrected chi connectivity index (χ1v) is 15.3. The standard InChI is InChI=1S/C8H11.C5H5.C2H6Si.2ClH.Zr/c1-2-5-8-6-3-4-7-8;1-2-4-5-3-1;1-3-2;;;/h6-7H,2-3,5H2,1H3;1-3H,4H2;1-2H3;2*1H;/q;;;;;+2/p-2. The molecular formula is C15H22Cl2SiZr. The SMILES string of the molecule is CCCC1=CC[C]([Zr+2]([C]2=CC=CC2)=[Si](C)C)=C1.[Cl-].[Cl-]. The van der Waals surface area contributed by atoms with Crippen LogP contribution in [0, 0.1) is 0 Å². The molecule has 0 atom stereocenters. The van der Waals surface area contributed by atoms with Crippen molar-refractivity contribution in [2.45, 2.75) is 45.7 Å². The monoisotopic (exact) mass is 390 g/mol. The van der Waals surface area contributed by atoms with E-state index in [1.54, 1.807) is 5.57 Å². The summed E-state index contributed by atoms with van der Waals surface area (Å²) in [6.07, 6.45) is 17.3. The van der Waals surface area contributed by atoms with Crippen LogP contribution in [0.25, 0.3) is 0 Å². The zero-order valence-corrected chi connectivity index (χ0v) is 16.9. The number of halogens is 2. The Hall–Kier alpha value is 0.640. The van der Waals surface area contributed by atoms with Crippen molar-refractivity contribution in [3.05, 3.63) is 42.5 Å². The van der Waals surface area contributed by atoms with Gasteiger partial charge in [-0.25, -0.2) is 0 Å². The van der Waals surface area contributed by atoms with Crippen molar-refractivity contribution in [2.24, 2.45) is 0 Å². The van der Waals surface area contributed by atoms with Gasteiger partial charge in [0.05, 0.1) is 0 Å². The molecule has 104 valence electrons. The van der Waals surface area contributed by atoms with E-state index in [0.29, 0.717) is 0 Å². The van der Waals surface area contributed by atoms with Crippen LogP contribution in [0.3, 0.4) is 0 Å². The zero-order chi connectivity index (χ0) is 12.3. The molecule has 2 aliphatic rings. The third-order valence-electron chi connectivity index (χ3n) is 3.40. The number of hydrogen-bond acceptors (Lipinski definition) is 0. The van der Waals surface area contributed by atoms with Crippen LogP contribution in [0.2, 0.25) is 13.1 Å². The summed E-state index contributed by atoms with van der Waals surface area (Å²) in [7, 11) is 0. The van der Waals surface area contributed by atoms with Gasteiger partial charge in [0.2, 0.25) is 0 Å². The fourth-order valence-electron chi connectivity index (χ4n) is 2.70. The Labute approximate surface area is 138 Å². The van der Waals surface area contributed by atoms with Crippen LogP contribution in [0.4, 0.5) is 0 Å². The predicted molar refractivity (Wildman–Crippen MR) is 75.0 cm³/mol. The van der Waals surface area contributed by atoms with E-state index >= 15 is 0 Å². The average Bonchev–Trinajstić information content (AvgIpc) is 2.91. The van der Waals surface area contributed by atoms with Crippen LogP contribution >= 0.6 is 0 Å². The van der Waals surface area contributed by atoms with Crippen LogP contribution in [-0.2, 0) is 20.4 Å². The molecule has 0 unspecified atom stereocenters. The molecule has 0 aromatic carbocycles. The molecule has 2 aliphatic carbocycles. The largest absolute Gasteiger partial charge is 1.00 e. The summed E-state index contributed by atoms with van der Waals surface area (Å²) < 4.78 is 3.73. The smallest absolute Gasteiger partial charge is 1.00 e. The van der Waals surface area contributed by atoms with E-state index in [4.69, 9.17) is 0 Å². The summed E-state index contributed by atoms with van der Waals surface area (Å²) in [6.45, 7) is 7.36. The minimum absolute atomic E-state index is 0. The first-order valence-electron chi connectivity index (χ1n) is 6.66. The molecule has 0 aromatic rings. The Bertz CT molecular complexity index is 467. The molecule has 0 spiro atoms. The van der Waals surface area contributed by atoms with Crippen molar-refractivity contribution < 1.29 is 45.2 Å². The van der Waals surface area contributed by atoms with E-state index in [0.717, 1.165) is 0 Å². The van der Waals surface area contributed by atoms with Crippen molar-refractivity contribution in [2.75, 3.05) is 0 Å². The minimum atomic E-state index is -1.40. The summed E-state index contributed by atoms with van der Waals surface area (Å²) in [6, 6.07) is 0. The first-order chi connectivity index (χ1) is 8.22. The quantitative estimate of drug-likeness (QED) is 0.523. The number of rotatable bonds is 4. The third-order valence-corrected chi connectivity index (χ3v) is 20.5. The molecule has 0 fully saturated rings. The van der Waals surface area contributed by atoms with Crippen molar-refractivity contribution in [1.29, 1.82) is 0 Å². The molecule has 2 rings (SSSR count). The van der Waals surface area contributed by atoms with Gasteiger partial charge in [0.25, 0.3) is 0 Å². The molecule has 0 aliphatic heterocycles. The maximum Gasteiger partial charge on any atom is -1.00 e. The van der Waals surface area contributed by atoms with Crippen LogP contribution in [0.15, 0.2) is 42.5 Å². The normalized spacial score (nSPS) is 15.6. The fraction of sp³-hybridized carbons (Fsp3) is 0.467. The predicted octanol–water partition coefficient (Wildman–Crippen LogP) is -1.28. The molecule has 19 heavy (non-hydrogen) atoms. The Balaban J connectivity index is 0.00000162. The number of allylic oxidation sites excluding steroid dienone is 8. The van der Waals surface area contributed by atoms with Gasteiger partial charge in [-0.05, 0) is 0 Å². The van der Waals surface area contributed by atoms with Gasteiger partial charge in [-0.1, -0.05) is 0 Å². The second-order valence-electron chi connectivity index (χ2n) is 5.10. The van der Waals surface area contributed by atoms with E-state index in [2.05, 4.69) is 50.4 Å². The molecule has 0 radical (unpaired) electrons. The summed E-state index contributed by atoms with van der Waals surface area (Å²) in [5.41, 5.74) is 1.53. The zero-order valence-electron chi connectivity index (χ0n) is 12.0. The summed E-state index contributed by atoms with van der Waals surface area (Å²) in [5, 5.41) is 0. The Morgan fingerprint density at radius 3 is 2.42 bits per heavy atom. The molecule has 0 N–H and O–H groups in total. The van der Waals surface area contributed by atoms with Gasteiger partial charge in [0.15, 0.2) is 0 Å². The average molecular weight is 393 g/mol. The molecule has 0 amide bonds. The van der Waals surface area contributed by atoms with Crippen LogP contribution < -0.4 is 24.8 Å². The van der Waals surface area contributed by atoms with Crippen LogP contribution in [-0.4, -0.2) is 5.43 Å². The van der Waals surface area contributed by atoms with Crippen molar-refractivity contribution in [3.63, 3.8) is 0 Å². The molecule has 4 heteroatoms. The molecule has 0 bridgehead atoms. The third kappa shape index (κ3) is 5.16. The van der Waals surface area contributed by atoms with E-state index in [-0.39, 0.29) is 30.2 Å². The topological polar surface area (TPSA) is 0 Å². The molecule has 0 saturated heterocycles. The number of hydrogen-bond donors (Lipinski definition) is 0. The van der Waals surface area contributed by atoms with Crippen molar-refractivity contribution in [1.82, 2.24) is 0 Å². The summed E-state index contributed by atoms with van der Waals surface area (Å²) >= 11 is -1.40. The van der Waals surface area contributed by atoms with Crippen molar-refractivity contribution >= 4 is 5.43 Å². The van der Waals surface area contributed by atoms with Crippen LogP contribution in [0.5, 0.6) is 0 Å². The molecule has 0 saturated carbocycles. The second kappa shape index (κ2) is 9.55. The molecule has 0 heterocycles. The maximum atomic E-state index is 2.58. The van der Waals surface area contributed by atoms with E-state index < -0.39 is 20.4 Å². The van der Waals surface area contributed by atoms with E-state index in [1.807, 2.05) is 6.56 Å². The molecular weight excluding hydrogens is 370 g/mol. The maximum absolute atomic E-state index is 2.58.